The molecule has 1 aliphatic heterocycles. The lowest BCUT2D eigenvalue weighted by molar-refractivity contribution is 0.338. The highest BCUT2D eigenvalue weighted by Gasteiger charge is 2.19. The minimum Gasteiger partial charge on any atom is -0.496 e. The van der Waals surface area contributed by atoms with Crippen molar-refractivity contribution in [3.8, 4) is 11.5 Å². The number of ether oxygens (including phenoxy) is 2. The monoisotopic (exact) mass is 281 g/mol. The van der Waals surface area contributed by atoms with Crippen molar-refractivity contribution in [1.29, 1.82) is 0 Å². The standard InChI is InChI=1S/C16H24FNO2/c1-11(17)14-8-13(7-12-5-4-6-18-10-12)15(19-2)9-16(14)20-3/h8-9,11-12,18H,4-7,10H2,1-3H3. The van der Waals surface area contributed by atoms with Crippen LogP contribution in [0.4, 0.5) is 4.39 Å². The van der Waals surface area contributed by atoms with Gasteiger partial charge >= 0.3 is 0 Å². The van der Waals surface area contributed by atoms with Crippen molar-refractivity contribution in [2.75, 3.05) is 27.3 Å². The smallest absolute Gasteiger partial charge is 0.128 e. The van der Waals surface area contributed by atoms with Crippen LogP contribution in [0.3, 0.4) is 0 Å². The second kappa shape index (κ2) is 6.93. The summed E-state index contributed by atoms with van der Waals surface area (Å²) in [6.07, 6.45) is 2.29. The summed E-state index contributed by atoms with van der Waals surface area (Å²) < 4.78 is 24.4. The van der Waals surface area contributed by atoms with Gasteiger partial charge in [0.15, 0.2) is 0 Å². The number of hydrogen-bond donors (Lipinski definition) is 1. The predicted molar refractivity (Wildman–Crippen MR) is 78.4 cm³/mol. The molecule has 1 N–H and O–H groups in total. The van der Waals surface area contributed by atoms with Gasteiger partial charge in [0.25, 0.3) is 0 Å². The van der Waals surface area contributed by atoms with Crippen molar-refractivity contribution < 1.29 is 13.9 Å². The molecule has 0 aromatic heterocycles. The Kier molecular flexibility index (Phi) is 5.24. The van der Waals surface area contributed by atoms with E-state index in [0.717, 1.165) is 30.8 Å². The molecule has 0 spiro atoms. The summed E-state index contributed by atoms with van der Waals surface area (Å²) in [7, 11) is 3.21. The first-order chi connectivity index (χ1) is 9.65. The van der Waals surface area contributed by atoms with E-state index in [-0.39, 0.29) is 0 Å². The summed E-state index contributed by atoms with van der Waals surface area (Å²) >= 11 is 0. The molecular weight excluding hydrogens is 257 g/mol. The number of halogens is 1. The largest absolute Gasteiger partial charge is 0.496 e. The number of hydrogen-bond acceptors (Lipinski definition) is 3. The van der Waals surface area contributed by atoms with E-state index in [1.165, 1.54) is 19.8 Å². The van der Waals surface area contributed by atoms with Crippen molar-refractivity contribution in [2.24, 2.45) is 5.92 Å². The first-order valence-electron chi connectivity index (χ1n) is 7.25. The molecule has 1 heterocycles. The third-order valence-electron chi connectivity index (χ3n) is 3.97. The number of alkyl halides is 1. The van der Waals surface area contributed by atoms with Crippen LogP contribution >= 0.6 is 0 Å². The molecule has 1 aliphatic rings. The van der Waals surface area contributed by atoms with Crippen molar-refractivity contribution in [2.45, 2.75) is 32.4 Å². The van der Waals surface area contributed by atoms with Crippen molar-refractivity contribution >= 4 is 0 Å². The Morgan fingerprint density at radius 3 is 2.60 bits per heavy atom. The van der Waals surface area contributed by atoms with Gasteiger partial charge in [0.05, 0.1) is 14.2 Å². The third kappa shape index (κ3) is 3.42. The molecule has 0 saturated carbocycles. The van der Waals surface area contributed by atoms with Gasteiger partial charge < -0.3 is 14.8 Å². The number of nitrogens with one attached hydrogen (secondary N) is 1. The number of methoxy groups -OCH3 is 2. The van der Waals surface area contributed by atoms with Gasteiger partial charge in [-0.15, -0.1) is 0 Å². The zero-order valence-corrected chi connectivity index (χ0v) is 12.5. The van der Waals surface area contributed by atoms with E-state index in [1.807, 2.05) is 6.07 Å². The average Bonchev–Trinajstić information content (AvgIpc) is 2.47. The second-order valence-electron chi connectivity index (χ2n) is 5.44. The SMILES string of the molecule is COc1cc(OC)c(C(C)F)cc1CC1CCCNC1. The maximum atomic E-state index is 13.7. The zero-order valence-electron chi connectivity index (χ0n) is 12.5. The fraction of sp³-hybridized carbons (Fsp3) is 0.625. The third-order valence-corrected chi connectivity index (χ3v) is 3.97. The normalized spacial score (nSPS) is 20.5. The molecular formula is C16H24FNO2. The van der Waals surface area contributed by atoms with Gasteiger partial charge in [0, 0.05) is 11.6 Å². The molecule has 0 bridgehead atoms. The van der Waals surface area contributed by atoms with Crippen LogP contribution in [0, 0.1) is 5.92 Å². The topological polar surface area (TPSA) is 30.5 Å². The van der Waals surface area contributed by atoms with Crippen LogP contribution in [0.25, 0.3) is 0 Å². The van der Waals surface area contributed by atoms with E-state index in [4.69, 9.17) is 9.47 Å². The lowest BCUT2D eigenvalue weighted by Crippen LogP contribution is -2.30. The lowest BCUT2D eigenvalue weighted by atomic mass is 9.90. The molecule has 0 radical (unpaired) electrons. The van der Waals surface area contributed by atoms with Crippen LogP contribution in [0.1, 0.15) is 37.1 Å². The fourth-order valence-electron chi connectivity index (χ4n) is 2.87. The summed E-state index contributed by atoms with van der Waals surface area (Å²) in [5.41, 5.74) is 1.67. The predicted octanol–water partition coefficient (Wildman–Crippen LogP) is 3.28. The van der Waals surface area contributed by atoms with Crippen molar-refractivity contribution in [1.82, 2.24) is 5.32 Å². The van der Waals surface area contributed by atoms with E-state index in [1.54, 1.807) is 20.3 Å². The molecule has 0 aliphatic carbocycles. The minimum absolute atomic E-state index is 0.558. The molecule has 2 unspecified atom stereocenters. The van der Waals surface area contributed by atoms with Gasteiger partial charge in [-0.3, -0.25) is 0 Å². The van der Waals surface area contributed by atoms with Gasteiger partial charge in [-0.05, 0) is 56.8 Å². The zero-order chi connectivity index (χ0) is 14.5. The summed E-state index contributed by atoms with van der Waals surface area (Å²) in [6.45, 7) is 3.66. The van der Waals surface area contributed by atoms with Gasteiger partial charge in [0.2, 0.25) is 0 Å². The van der Waals surface area contributed by atoms with Crippen LogP contribution in [0.5, 0.6) is 11.5 Å². The van der Waals surface area contributed by atoms with Crippen LogP contribution in [0.15, 0.2) is 12.1 Å². The second-order valence-corrected chi connectivity index (χ2v) is 5.44. The Bertz CT molecular complexity index is 442. The minimum atomic E-state index is -1.04. The maximum absolute atomic E-state index is 13.7. The van der Waals surface area contributed by atoms with E-state index >= 15 is 0 Å². The van der Waals surface area contributed by atoms with Crippen molar-refractivity contribution in [3.63, 3.8) is 0 Å². The molecule has 1 aromatic carbocycles. The van der Waals surface area contributed by atoms with E-state index in [2.05, 4.69) is 5.32 Å². The highest BCUT2D eigenvalue weighted by Crippen LogP contribution is 2.35. The maximum Gasteiger partial charge on any atom is 0.128 e. The first-order valence-corrected chi connectivity index (χ1v) is 7.25. The Labute approximate surface area is 120 Å². The molecule has 1 saturated heterocycles. The van der Waals surface area contributed by atoms with Gasteiger partial charge in [-0.2, -0.15) is 0 Å². The molecule has 112 valence electrons. The van der Waals surface area contributed by atoms with Crippen LogP contribution < -0.4 is 14.8 Å². The molecule has 3 nitrogen and oxygen atoms in total. The number of benzene rings is 1. The van der Waals surface area contributed by atoms with Crippen LogP contribution in [-0.4, -0.2) is 27.3 Å². The van der Waals surface area contributed by atoms with E-state index in [0.29, 0.717) is 17.2 Å². The average molecular weight is 281 g/mol. The first kappa shape index (κ1) is 15.1. The Morgan fingerprint density at radius 1 is 1.30 bits per heavy atom. The summed E-state index contributed by atoms with van der Waals surface area (Å²) in [6, 6.07) is 3.70. The Balaban J connectivity index is 2.27. The molecule has 1 aromatic rings. The van der Waals surface area contributed by atoms with Crippen LogP contribution in [0.2, 0.25) is 0 Å². The molecule has 20 heavy (non-hydrogen) atoms. The summed E-state index contributed by atoms with van der Waals surface area (Å²) in [5.74, 6) is 1.94. The van der Waals surface area contributed by atoms with E-state index < -0.39 is 6.17 Å². The van der Waals surface area contributed by atoms with Gasteiger partial charge in [0.1, 0.15) is 17.7 Å². The quantitative estimate of drug-likeness (QED) is 0.898. The molecule has 1 fully saturated rings. The highest BCUT2D eigenvalue weighted by molar-refractivity contribution is 5.47. The molecule has 2 atom stereocenters. The van der Waals surface area contributed by atoms with Gasteiger partial charge in [-0.1, -0.05) is 0 Å². The fourth-order valence-corrected chi connectivity index (χ4v) is 2.87. The van der Waals surface area contributed by atoms with E-state index in [9.17, 15) is 4.39 Å². The lowest BCUT2D eigenvalue weighted by Gasteiger charge is -2.24. The van der Waals surface area contributed by atoms with Gasteiger partial charge in [-0.25, -0.2) is 4.39 Å². The molecule has 0 amide bonds. The van der Waals surface area contributed by atoms with Crippen molar-refractivity contribution in [3.05, 3.63) is 23.3 Å². The Hall–Kier alpha value is -1.29. The molecule has 4 heteroatoms. The highest BCUT2D eigenvalue weighted by atomic mass is 19.1. The number of piperidine rings is 1. The Morgan fingerprint density at radius 2 is 2.05 bits per heavy atom. The molecule has 2 rings (SSSR count). The summed E-state index contributed by atoms with van der Waals surface area (Å²) in [4.78, 5) is 0. The number of rotatable bonds is 5. The summed E-state index contributed by atoms with van der Waals surface area (Å²) in [5, 5.41) is 3.41. The van der Waals surface area contributed by atoms with Crippen LogP contribution in [-0.2, 0) is 6.42 Å².